The highest BCUT2D eigenvalue weighted by Gasteiger charge is 2.35. The van der Waals surface area contributed by atoms with Gasteiger partial charge in [0.2, 0.25) is 12.6 Å². The fourth-order valence-electron chi connectivity index (χ4n) is 2.04. The fourth-order valence-corrected chi connectivity index (χ4v) is 2.04. The van der Waals surface area contributed by atoms with E-state index < -0.39 is 28.4 Å². The Kier molecular flexibility index (Phi) is 5.23. The highest BCUT2D eigenvalue weighted by atomic mass is 16.6. The van der Waals surface area contributed by atoms with Gasteiger partial charge in [-0.1, -0.05) is 19.1 Å². The Hall–Kier alpha value is -2.18. The highest BCUT2D eigenvalue weighted by molar-refractivity contribution is 5.30. The minimum atomic E-state index is -0.959. The van der Waals surface area contributed by atoms with Crippen molar-refractivity contribution in [3.8, 4) is 5.75 Å². The zero-order valence-electron chi connectivity index (χ0n) is 10.8. The van der Waals surface area contributed by atoms with Gasteiger partial charge in [-0.2, -0.15) is 0 Å². The summed E-state index contributed by atoms with van der Waals surface area (Å²) in [4.78, 5) is 20.8. The third-order valence-corrected chi connectivity index (χ3v) is 3.04. The summed E-state index contributed by atoms with van der Waals surface area (Å²) in [6.45, 7) is 1.20. The zero-order chi connectivity index (χ0) is 14.4. The molecule has 0 bridgehead atoms. The van der Waals surface area contributed by atoms with E-state index in [1.165, 1.54) is 7.11 Å². The molecule has 0 heterocycles. The Bertz CT molecular complexity index is 446. The van der Waals surface area contributed by atoms with Gasteiger partial charge >= 0.3 is 0 Å². The highest BCUT2D eigenvalue weighted by Crippen LogP contribution is 2.26. The van der Waals surface area contributed by atoms with Crippen LogP contribution in [-0.2, 0) is 0 Å². The standard InChI is InChI=1S/C12H16N2O5/c1-3-12(14(17)18)11(8-13(15)16)9-4-6-10(19-2)7-5-9/h4-7,11-12H,3,8H2,1-2H3/t11-,12+/m1/s1. The van der Waals surface area contributed by atoms with Gasteiger partial charge in [0.1, 0.15) is 11.7 Å². The predicted octanol–water partition coefficient (Wildman–Crippen LogP) is 2.11. The second-order valence-electron chi connectivity index (χ2n) is 4.16. The average Bonchev–Trinajstić information content (AvgIpc) is 2.37. The lowest BCUT2D eigenvalue weighted by Crippen LogP contribution is -2.31. The van der Waals surface area contributed by atoms with Crippen LogP contribution in [0.1, 0.15) is 24.8 Å². The largest absolute Gasteiger partial charge is 0.497 e. The van der Waals surface area contributed by atoms with E-state index in [1.807, 2.05) is 0 Å². The molecule has 0 aliphatic carbocycles. The van der Waals surface area contributed by atoms with Gasteiger partial charge in [0.15, 0.2) is 0 Å². The molecule has 0 aliphatic rings. The molecule has 0 saturated heterocycles. The monoisotopic (exact) mass is 268 g/mol. The summed E-state index contributed by atoms with van der Waals surface area (Å²) in [5.41, 5.74) is 0.584. The lowest BCUT2D eigenvalue weighted by atomic mass is 9.90. The van der Waals surface area contributed by atoms with Gasteiger partial charge in [-0.3, -0.25) is 20.2 Å². The summed E-state index contributed by atoms with van der Waals surface area (Å²) in [5.74, 6) is -0.126. The van der Waals surface area contributed by atoms with Crippen LogP contribution in [0, 0.1) is 20.2 Å². The molecule has 1 aromatic carbocycles. The number of nitro groups is 2. The van der Waals surface area contributed by atoms with Crippen LogP contribution in [-0.4, -0.2) is 29.5 Å². The molecule has 2 atom stereocenters. The maximum atomic E-state index is 11.0. The normalized spacial score (nSPS) is 13.6. The van der Waals surface area contributed by atoms with Gasteiger partial charge in [-0.05, 0) is 17.7 Å². The first-order valence-electron chi connectivity index (χ1n) is 5.88. The fraction of sp³-hybridized carbons (Fsp3) is 0.500. The van der Waals surface area contributed by atoms with Crippen molar-refractivity contribution >= 4 is 0 Å². The summed E-state index contributed by atoms with van der Waals surface area (Å²) >= 11 is 0. The molecule has 0 amide bonds. The van der Waals surface area contributed by atoms with E-state index in [4.69, 9.17) is 4.74 Å². The minimum absolute atomic E-state index is 0.248. The van der Waals surface area contributed by atoms with E-state index >= 15 is 0 Å². The molecule has 0 radical (unpaired) electrons. The van der Waals surface area contributed by atoms with E-state index in [-0.39, 0.29) is 6.42 Å². The van der Waals surface area contributed by atoms with Crippen molar-refractivity contribution in [2.45, 2.75) is 25.3 Å². The van der Waals surface area contributed by atoms with Gasteiger partial charge in [0.05, 0.1) is 7.11 Å². The third kappa shape index (κ3) is 3.90. The lowest BCUT2D eigenvalue weighted by Gasteiger charge is -2.17. The number of methoxy groups -OCH3 is 1. The second-order valence-corrected chi connectivity index (χ2v) is 4.16. The molecule has 0 N–H and O–H groups in total. The maximum Gasteiger partial charge on any atom is 0.226 e. The van der Waals surface area contributed by atoms with E-state index in [1.54, 1.807) is 31.2 Å². The summed E-state index contributed by atoms with van der Waals surface area (Å²) in [6, 6.07) is 5.61. The van der Waals surface area contributed by atoms with Gasteiger partial charge in [-0.25, -0.2) is 0 Å². The van der Waals surface area contributed by atoms with Crippen molar-refractivity contribution < 1.29 is 14.6 Å². The van der Waals surface area contributed by atoms with E-state index in [9.17, 15) is 20.2 Å². The van der Waals surface area contributed by atoms with E-state index in [0.29, 0.717) is 11.3 Å². The van der Waals surface area contributed by atoms with Crippen molar-refractivity contribution in [1.29, 1.82) is 0 Å². The third-order valence-electron chi connectivity index (χ3n) is 3.04. The Morgan fingerprint density at radius 2 is 1.79 bits per heavy atom. The molecule has 1 rings (SSSR count). The summed E-state index contributed by atoms with van der Waals surface area (Å²) in [7, 11) is 1.51. The molecule has 7 nitrogen and oxygen atoms in total. The molecular formula is C12H16N2O5. The Labute approximate surface area is 110 Å². The van der Waals surface area contributed by atoms with Gasteiger partial charge in [-0.15, -0.1) is 0 Å². The van der Waals surface area contributed by atoms with E-state index in [0.717, 1.165) is 0 Å². The number of benzene rings is 1. The van der Waals surface area contributed by atoms with E-state index in [2.05, 4.69) is 0 Å². The molecular weight excluding hydrogens is 252 g/mol. The molecule has 0 fully saturated rings. The van der Waals surface area contributed by atoms with Crippen LogP contribution < -0.4 is 4.74 Å². The molecule has 0 aromatic heterocycles. The number of hydrogen-bond donors (Lipinski definition) is 0. The van der Waals surface area contributed by atoms with Crippen LogP contribution in [0.2, 0.25) is 0 Å². The molecule has 7 heteroatoms. The summed E-state index contributed by atoms with van der Waals surface area (Å²) in [6.07, 6.45) is 0.248. The van der Waals surface area contributed by atoms with Crippen LogP contribution in [0.25, 0.3) is 0 Å². The second kappa shape index (κ2) is 6.67. The van der Waals surface area contributed by atoms with Gasteiger partial charge in [0, 0.05) is 16.3 Å². The lowest BCUT2D eigenvalue weighted by molar-refractivity contribution is -0.547. The predicted molar refractivity (Wildman–Crippen MR) is 68.7 cm³/mol. The van der Waals surface area contributed by atoms with Crippen molar-refractivity contribution in [2.75, 3.05) is 13.7 Å². The zero-order valence-corrected chi connectivity index (χ0v) is 10.8. The number of ether oxygens (including phenoxy) is 1. The van der Waals surface area contributed by atoms with Crippen LogP contribution >= 0.6 is 0 Å². The van der Waals surface area contributed by atoms with Crippen molar-refractivity contribution in [3.63, 3.8) is 0 Å². The molecule has 104 valence electrons. The van der Waals surface area contributed by atoms with Gasteiger partial charge in [0.25, 0.3) is 0 Å². The Morgan fingerprint density at radius 3 is 2.16 bits per heavy atom. The molecule has 19 heavy (non-hydrogen) atoms. The SMILES string of the molecule is CC[C@@H]([C@H](C[N+](=O)[O-])c1ccc(OC)cc1)[N+](=O)[O-]. The minimum Gasteiger partial charge on any atom is -0.497 e. The molecule has 0 aliphatic heterocycles. The van der Waals surface area contributed by atoms with Crippen LogP contribution in [0.3, 0.4) is 0 Å². The number of nitrogens with zero attached hydrogens (tertiary/aromatic N) is 2. The van der Waals surface area contributed by atoms with Crippen LogP contribution in [0.5, 0.6) is 5.75 Å². The summed E-state index contributed by atoms with van der Waals surface area (Å²) in [5, 5.41) is 21.7. The quantitative estimate of drug-likeness (QED) is 0.557. The molecule has 0 spiro atoms. The average molecular weight is 268 g/mol. The van der Waals surface area contributed by atoms with Crippen molar-refractivity contribution in [2.24, 2.45) is 0 Å². The van der Waals surface area contributed by atoms with Crippen molar-refractivity contribution in [3.05, 3.63) is 50.1 Å². The first-order chi connectivity index (χ1) is 8.99. The molecule has 0 saturated carbocycles. The van der Waals surface area contributed by atoms with Crippen LogP contribution in [0.4, 0.5) is 0 Å². The summed E-state index contributed by atoms with van der Waals surface area (Å²) < 4.78 is 5.00. The maximum absolute atomic E-state index is 11.0. The number of rotatable bonds is 7. The Morgan fingerprint density at radius 1 is 1.21 bits per heavy atom. The smallest absolute Gasteiger partial charge is 0.226 e. The molecule has 0 unspecified atom stereocenters. The molecule has 1 aromatic rings. The topological polar surface area (TPSA) is 95.5 Å². The Balaban J connectivity index is 3.06. The first kappa shape index (κ1) is 14.9. The van der Waals surface area contributed by atoms with Gasteiger partial charge < -0.3 is 4.74 Å². The number of hydrogen-bond acceptors (Lipinski definition) is 5. The first-order valence-corrected chi connectivity index (χ1v) is 5.88. The van der Waals surface area contributed by atoms with Crippen molar-refractivity contribution in [1.82, 2.24) is 0 Å². The van der Waals surface area contributed by atoms with Crippen LogP contribution in [0.15, 0.2) is 24.3 Å².